The van der Waals surface area contributed by atoms with Gasteiger partial charge in [-0.15, -0.1) is 0 Å². The van der Waals surface area contributed by atoms with E-state index in [1.807, 2.05) is 43.3 Å². The molecule has 1 aromatic carbocycles. The molecule has 1 unspecified atom stereocenters. The third-order valence-electron chi connectivity index (χ3n) is 2.97. The molecule has 1 heterocycles. The molecule has 1 aromatic rings. The van der Waals surface area contributed by atoms with E-state index in [0.29, 0.717) is 6.61 Å². The van der Waals surface area contributed by atoms with Crippen molar-refractivity contribution in [3.05, 3.63) is 54.1 Å². The lowest BCUT2D eigenvalue weighted by Crippen LogP contribution is -2.34. The van der Waals surface area contributed by atoms with Gasteiger partial charge in [0.05, 0.1) is 0 Å². The number of carbonyl (C=O) groups excluding carboxylic acids is 1. The van der Waals surface area contributed by atoms with Crippen molar-refractivity contribution in [1.82, 2.24) is 0 Å². The first-order chi connectivity index (χ1) is 10.2. The lowest BCUT2D eigenvalue weighted by molar-refractivity contribution is -0.227. The van der Waals surface area contributed by atoms with E-state index in [0.717, 1.165) is 5.56 Å². The van der Waals surface area contributed by atoms with E-state index in [-0.39, 0.29) is 12.1 Å². The van der Waals surface area contributed by atoms with Crippen LogP contribution in [0.4, 0.5) is 0 Å². The van der Waals surface area contributed by atoms with Gasteiger partial charge in [0.1, 0.15) is 6.10 Å². The van der Waals surface area contributed by atoms with Gasteiger partial charge in [-0.25, -0.2) is 0 Å². The predicted octanol–water partition coefficient (Wildman–Crippen LogP) is 2.95. The summed E-state index contributed by atoms with van der Waals surface area (Å²) in [4.78, 5) is 11.8. The van der Waals surface area contributed by atoms with Crippen molar-refractivity contribution in [2.24, 2.45) is 0 Å². The van der Waals surface area contributed by atoms with Crippen LogP contribution in [0.5, 0.6) is 0 Å². The van der Waals surface area contributed by atoms with Gasteiger partial charge in [-0.1, -0.05) is 36.4 Å². The van der Waals surface area contributed by atoms with Crippen LogP contribution in [-0.4, -0.2) is 31.1 Å². The minimum Gasteiger partial charge on any atom is -0.353 e. The first-order valence-electron chi connectivity index (χ1n) is 7.07. The SMILES string of the molecule is CCOC(C)O[C@@H]1C=CC(=O)[C@H](/C=C/c2ccccc2)O1. The zero-order valence-corrected chi connectivity index (χ0v) is 12.3. The standard InChI is InChI=1S/C17H20O4/c1-3-19-13(2)20-17-12-10-15(18)16(21-17)11-9-14-7-5-4-6-8-14/h4-13,16-17H,3H2,1-2H3/b11-9+/t13?,16-,17-/m0/s1. The van der Waals surface area contributed by atoms with Gasteiger partial charge in [-0.2, -0.15) is 0 Å². The lowest BCUT2D eigenvalue weighted by atomic mass is 10.1. The van der Waals surface area contributed by atoms with Gasteiger partial charge in [0, 0.05) is 6.61 Å². The Balaban J connectivity index is 1.96. The molecule has 0 amide bonds. The molecular formula is C17H20O4. The van der Waals surface area contributed by atoms with Crippen LogP contribution < -0.4 is 0 Å². The normalized spacial score (nSPS) is 23.6. The molecule has 0 spiro atoms. The van der Waals surface area contributed by atoms with Crippen LogP contribution in [0.25, 0.3) is 6.08 Å². The van der Waals surface area contributed by atoms with Gasteiger partial charge in [-0.05, 0) is 37.6 Å². The van der Waals surface area contributed by atoms with Crippen LogP contribution in [0.15, 0.2) is 48.6 Å². The first-order valence-corrected chi connectivity index (χ1v) is 7.07. The fraction of sp³-hybridized carbons (Fsp3) is 0.353. The maximum absolute atomic E-state index is 11.8. The number of ether oxygens (including phenoxy) is 3. The maximum atomic E-state index is 11.8. The highest BCUT2D eigenvalue weighted by molar-refractivity contribution is 5.96. The number of ketones is 1. The molecule has 0 N–H and O–H groups in total. The monoisotopic (exact) mass is 288 g/mol. The average Bonchev–Trinajstić information content (AvgIpc) is 2.49. The van der Waals surface area contributed by atoms with Gasteiger partial charge in [-0.3, -0.25) is 4.79 Å². The van der Waals surface area contributed by atoms with Crippen molar-refractivity contribution in [3.63, 3.8) is 0 Å². The Bertz CT molecular complexity index is 507. The van der Waals surface area contributed by atoms with Crippen molar-refractivity contribution in [2.45, 2.75) is 32.5 Å². The highest BCUT2D eigenvalue weighted by Crippen LogP contribution is 2.15. The van der Waals surface area contributed by atoms with E-state index in [2.05, 4.69) is 0 Å². The third kappa shape index (κ3) is 4.93. The van der Waals surface area contributed by atoms with E-state index in [1.165, 1.54) is 6.08 Å². The van der Waals surface area contributed by atoms with Gasteiger partial charge < -0.3 is 14.2 Å². The van der Waals surface area contributed by atoms with Gasteiger partial charge in [0.2, 0.25) is 0 Å². The minimum atomic E-state index is -0.631. The summed E-state index contributed by atoms with van der Waals surface area (Å²) < 4.78 is 16.5. The highest BCUT2D eigenvalue weighted by atomic mass is 16.8. The summed E-state index contributed by atoms with van der Waals surface area (Å²) >= 11 is 0. The van der Waals surface area contributed by atoms with Crippen molar-refractivity contribution >= 4 is 11.9 Å². The van der Waals surface area contributed by atoms with Crippen LogP contribution in [-0.2, 0) is 19.0 Å². The molecule has 0 bridgehead atoms. The van der Waals surface area contributed by atoms with Crippen LogP contribution >= 0.6 is 0 Å². The van der Waals surface area contributed by atoms with Crippen molar-refractivity contribution in [1.29, 1.82) is 0 Å². The smallest absolute Gasteiger partial charge is 0.188 e. The van der Waals surface area contributed by atoms with Crippen LogP contribution in [0.3, 0.4) is 0 Å². The van der Waals surface area contributed by atoms with E-state index in [9.17, 15) is 4.79 Å². The highest BCUT2D eigenvalue weighted by Gasteiger charge is 2.24. The van der Waals surface area contributed by atoms with Crippen molar-refractivity contribution < 1.29 is 19.0 Å². The molecule has 4 nitrogen and oxygen atoms in total. The van der Waals surface area contributed by atoms with E-state index < -0.39 is 12.4 Å². The second kappa shape index (κ2) is 7.88. The maximum Gasteiger partial charge on any atom is 0.188 e. The molecule has 4 heteroatoms. The minimum absolute atomic E-state index is 0.0916. The number of rotatable bonds is 6. The summed E-state index contributed by atoms with van der Waals surface area (Å²) in [6, 6.07) is 9.76. The Labute approximate surface area is 125 Å². The fourth-order valence-corrected chi connectivity index (χ4v) is 1.97. The second-order valence-electron chi connectivity index (χ2n) is 4.62. The molecule has 0 aromatic heterocycles. The number of hydrogen-bond donors (Lipinski definition) is 0. The molecule has 21 heavy (non-hydrogen) atoms. The van der Waals surface area contributed by atoms with E-state index >= 15 is 0 Å². The summed E-state index contributed by atoms with van der Waals surface area (Å²) in [7, 11) is 0. The second-order valence-corrected chi connectivity index (χ2v) is 4.62. The van der Waals surface area contributed by atoms with Crippen LogP contribution in [0, 0.1) is 0 Å². The van der Waals surface area contributed by atoms with Crippen molar-refractivity contribution in [3.8, 4) is 0 Å². The Kier molecular flexibility index (Phi) is 5.87. The zero-order valence-electron chi connectivity index (χ0n) is 12.3. The van der Waals surface area contributed by atoms with Crippen LogP contribution in [0.1, 0.15) is 19.4 Å². The summed E-state index contributed by atoms with van der Waals surface area (Å²) in [5, 5.41) is 0. The molecule has 1 aliphatic heterocycles. The zero-order chi connectivity index (χ0) is 15.1. The first kappa shape index (κ1) is 15.6. The molecule has 0 radical (unpaired) electrons. The lowest BCUT2D eigenvalue weighted by Gasteiger charge is -2.25. The number of hydrogen-bond acceptors (Lipinski definition) is 4. The molecule has 1 aliphatic rings. The largest absolute Gasteiger partial charge is 0.353 e. The quantitative estimate of drug-likeness (QED) is 0.755. The predicted molar refractivity (Wildman–Crippen MR) is 80.5 cm³/mol. The average molecular weight is 288 g/mol. The molecule has 3 atom stereocenters. The molecule has 0 saturated heterocycles. The molecule has 0 fully saturated rings. The topological polar surface area (TPSA) is 44.8 Å². The Morgan fingerprint density at radius 2 is 2.10 bits per heavy atom. The van der Waals surface area contributed by atoms with Gasteiger partial charge in [0.25, 0.3) is 0 Å². The number of carbonyl (C=O) groups is 1. The van der Waals surface area contributed by atoms with Crippen LogP contribution in [0.2, 0.25) is 0 Å². The van der Waals surface area contributed by atoms with E-state index in [1.54, 1.807) is 19.1 Å². The Hall–Kier alpha value is -1.75. The van der Waals surface area contributed by atoms with Crippen molar-refractivity contribution in [2.75, 3.05) is 6.61 Å². The van der Waals surface area contributed by atoms with Gasteiger partial charge >= 0.3 is 0 Å². The molecule has 0 saturated carbocycles. The molecule has 2 rings (SSSR count). The summed E-state index contributed by atoms with van der Waals surface area (Å²) in [5.41, 5.74) is 1.02. The molecular weight excluding hydrogens is 268 g/mol. The Morgan fingerprint density at radius 3 is 2.81 bits per heavy atom. The van der Waals surface area contributed by atoms with E-state index in [4.69, 9.17) is 14.2 Å². The summed E-state index contributed by atoms with van der Waals surface area (Å²) in [6.07, 6.45) is 5.12. The summed E-state index contributed by atoms with van der Waals surface area (Å²) in [6.45, 7) is 4.26. The number of benzene rings is 1. The Morgan fingerprint density at radius 1 is 1.33 bits per heavy atom. The molecule has 0 aliphatic carbocycles. The van der Waals surface area contributed by atoms with Gasteiger partial charge in [0.15, 0.2) is 18.4 Å². The summed E-state index contributed by atoms with van der Waals surface area (Å²) in [5.74, 6) is -0.0916. The molecule has 112 valence electrons. The fourth-order valence-electron chi connectivity index (χ4n) is 1.97. The third-order valence-corrected chi connectivity index (χ3v) is 2.97.